The Morgan fingerprint density at radius 1 is 0.857 bits per heavy atom. The number of aryl methyl sites for hydroxylation is 1. The highest BCUT2D eigenvalue weighted by molar-refractivity contribution is 5.47. The molecular weight excluding hydrogens is 260 g/mol. The summed E-state index contributed by atoms with van der Waals surface area (Å²) in [5.74, 6) is 0. The summed E-state index contributed by atoms with van der Waals surface area (Å²) in [5.41, 5.74) is 2.88. The maximum Gasteiger partial charge on any atom is 0.0594 e. The van der Waals surface area contributed by atoms with Gasteiger partial charge in [-0.05, 0) is 56.3 Å². The van der Waals surface area contributed by atoms with Crippen LogP contribution in [0.15, 0.2) is 24.3 Å². The summed E-state index contributed by atoms with van der Waals surface area (Å²) in [7, 11) is 0. The predicted octanol–water partition coefficient (Wildman–Crippen LogP) is 2.94. The number of ether oxygens (including phenoxy) is 1. The van der Waals surface area contributed by atoms with E-state index in [-0.39, 0.29) is 0 Å². The van der Waals surface area contributed by atoms with Gasteiger partial charge in [0.15, 0.2) is 0 Å². The first-order chi connectivity index (χ1) is 10.4. The highest BCUT2D eigenvalue weighted by atomic mass is 16.5. The number of rotatable bonds is 5. The molecule has 3 heteroatoms. The second-order valence-corrected chi connectivity index (χ2v) is 6.27. The Kier molecular flexibility index (Phi) is 5.53. The lowest BCUT2D eigenvalue weighted by Gasteiger charge is -2.29. The standard InChI is InChI=1S/C18H28N2O/c1-2-11-20(12-3-1)18-8-6-17(7-9-18)5-4-10-19-13-15-21-16-14-19/h6-9H,1-5,10-16H2. The molecule has 0 unspecified atom stereocenters. The van der Waals surface area contributed by atoms with Gasteiger partial charge >= 0.3 is 0 Å². The number of benzene rings is 1. The monoisotopic (exact) mass is 288 g/mol. The molecule has 0 spiro atoms. The van der Waals surface area contributed by atoms with Crippen LogP contribution in [0.2, 0.25) is 0 Å². The second-order valence-electron chi connectivity index (χ2n) is 6.27. The number of hydrogen-bond acceptors (Lipinski definition) is 3. The number of hydrogen-bond donors (Lipinski definition) is 0. The minimum Gasteiger partial charge on any atom is -0.379 e. The van der Waals surface area contributed by atoms with Crippen LogP contribution in [0.1, 0.15) is 31.2 Å². The van der Waals surface area contributed by atoms with Gasteiger partial charge in [-0.1, -0.05) is 12.1 Å². The topological polar surface area (TPSA) is 15.7 Å². The minimum atomic E-state index is 0.907. The number of morpholine rings is 1. The fraction of sp³-hybridized carbons (Fsp3) is 0.667. The van der Waals surface area contributed by atoms with Crippen molar-refractivity contribution >= 4 is 5.69 Å². The summed E-state index contributed by atoms with van der Waals surface area (Å²) in [6.45, 7) is 7.70. The highest BCUT2D eigenvalue weighted by Gasteiger charge is 2.11. The van der Waals surface area contributed by atoms with Gasteiger partial charge < -0.3 is 9.64 Å². The number of nitrogens with zero attached hydrogens (tertiary/aromatic N) is 2. The van der Waals surface area contributed by atoms with E-state index >= 15 is 0 Å². The first-order valence-electron chi connectivity index (χ1n) is 8.56. The summed E-state index contributed by atoms with van der Waals surface area (Å²) in [6, 6.07) is 9.28. The molecule has 0 bridgehead atoms. The Morgan fingerprint density at radius 2 is 1.57 bits per heavy atom. The zero-order valence-electron chi connectivity index (χ0n) is 13.1. The summed E-state index contributed by atoms with van der Waals surface area (Å²) >= 11 is 0. The van der Waals surface area contributed by atoms with Gasteiger partial charge in [0, 0.05) is 31.9 Å². The smallest absolute Gasteiger partial charge is 0.0594 e. The molecule has 0 saturated carbocycles. The van der Waals surface area contributed by atoms with Crippen molar-refractivity contribution in [3.05, 3.63) is 29.8 Å². The summed E-state index contributed by atoms with van der Waals surface area (Å²) < 4.78 is 5.39. The van der Waals surface area contributed by atoms with Crippen LogP contribution >= 0.6 is 0 Å². The van der Waals surface area contributed by atoms with Gasteiger partial charge in [-0.25, -0.2) is 0 Å². The van der Waals surface area contributed by atoms with Crippen LogP contribution in [0.4, 0.5) is 5.69 Å². The average Bonchev–Trinajstić information content (AvgIpc) is 2.57. The third kappa shape index (κ3) is 4.45. The van der Waals surface area contributed by atoms with Crippen molar-refractivity contribution < 1.29 is 4.74 Å². The van der Waals surface area contributed by atoms with Crippen molar-refractivity contribution in [1.29, 1.82) is 0 Å². The van der Waals surface area contributed by atoms with E-state index in [9.17, 15) is 0 Å². The van der Waals surface area contributed by atoms with E-state index in [1.807, 2.05) is 0 Å². The van der Waals surface area contributed by atoms with Gasteiger partial charge in [0.25, 0.3) is 0 Å². The molecule has 2 aliphatic heterocycles. The Balaban J connectivity index is 1.43. The quantitative estimate of drug-likeness (QED) is 0.828. The number of piperidine rings is 1. The normalized spacial score (nSPS) is 20.7. The van der Waals surface area contributed by atoms with Gasteiger partial charge in [-0.2, -0.15) is 0 Å². The molecule has 2 aliphatic rings. The van der Waals surface area contributed by atoms with E-state index in [0.717, 1.165) is 26.3 Å². The van der Waals surface area contributed by atoms with Gasteiger partial charge in [-0.15, -0.1) is 0 Å². The molecular formula is C18H28N2O. The first-order valence-corrected chi connectivity index (χ1v) is 8.56. The summed E-state index contributed by atoms with van der Waals surface area (Å²) in [5, 5.41) is 0. The van der Waals surface area contributed by atoms with E-state index in [4.69, 9.17) is 4.74 Å². The molecule has 3 rings (SSSR count). The molecule has 2 heterocycles. The van der Waals surface area contributed by atoms with E-state index < -0.39 is 0 Å². The Hall–Kier alpha value is -1.06. The molecule has 2 saturated heterocycles. The largest absolute Gasteiger partial charge is 0.379 e. The lowest BCUT2D eigenvalue weighted by molar-refractivity contribution is 0.0375. The Morgan fingerprint density at radius 3 is 2.29 bits per heavy atom. The van der Waals surface area contributed by atoms with Gasteiger partial charge in [-0.3, -0.25) is 4.90 Å². The second kappa shape index (κ2) is 7.81. The van der Waals surface area contributed by atoms with Crippen LogP contribution in [-0.2, 0) is 11.2 Å². The zero-order valence-corrected chi connectivity index (χ0v) is 13.1. The summed E-state index contributed by atoms with van der Waals surface area (Å²) in [6.07, 6.45) is 6.54. The van der Waals surface area contributed by atoms with Gasteiger partial charge in [0.2, 0.25) is 0 Å². The average molecular weight is 288 g/mol. The highest BCUT2D eigenvalue weighted by Crippen LogP contribution is 2.20. The molecule has 116 valence electrons. The molecule has 0 aromatic heterocycles. The Bertz CT molecular complexity index is 406. The maximum atomic E-state index is 5.39. The zero-order chi connectivity index (χ0) is 14.3. The van der Waals surface area contributed by atoms with Crippen LogP contribution in [0.25, 0.3) is 0 Å². The van der Waals surface area contributed by atoms with E-state index in [1.165, 1.54) is 63.0 Å². The Labute approximate surface area is 128 Å². The molecule has 1 aromatic rings. The van der Waals surface area contributed by atoms with E-state index in [1.54, 1.807) is 0 Å². The molecule has 0 radical (unpaired) electrons. The first kappa shape index (κ1) is 14.9. The molecule has 1 aromatic carbocycles. The van der Waals surface area contributed by atoms with E-state index in [2.05, 4.69) is 34.1 Å². The van der Waals surface area contributed by atoms with Crippen molar-refractivity contribution in [3.63, 3.8) is 0 Å². The molecule has 3 nitrogen and oxygen atoms in total. The van der Waals surface area contributed by atoms with Gasteiger partial charge in [0.05, 0.1) is 13.2 Å². The van der Waals surface area contributed by atoms with Crippen molar-refractivity contribution in [2.24, 2.45) is 0 Å². The number of anilines is 1. The van der Waals surface area contributed by atoms with E-state index in [0.29, 0.717) is 0 Å². The summed E-state index contributed by atoms with van der Waals surface area (Å²) in [4.78, 5) is 5.05. The molecule has 0 aliphatic carbocycles. The third-order valence-corrected chi connectivity index (χ3v) is 4.70. The van der Waals surface area contributed by atoms with Crippen LogP contribution in [0.5, 0.6) is 0 Å². The van der Waals surface area contributed by atoms with Crippen molar-refractivity contribution in [2.75, 3.05) is 50.8 Å². The van der Waals surface area contributed by atoms with Crippen LogP contribution in [-0.4, -0.2) is 50.8 Å². The van der Waals surface area contributed by atoms with Crippen LogP contribution < -0.4 is 4.90 Å². The predicted molar refractivity (Wildman–Crippen MR) is 88.1 cm³/mol. The molecule has 0 atom stereocenters. The lowest BCUT2D eigenvalue weighted by atomic mass is 10.1. The van der Waals surface area contributed by atoms with Crippen LogP contribution in [0.3, 0.4) is 0 Å². The SMILES string of the molecule is c1cc(N2CCCCC2)ccc1CCCN1CCOCC1. The van der Waals surface area contributed by atoms with Crippen molar-refractivity contribution in [2.45, 2.75) is 32.1 Å². The third-order valence-electron chi connectivity index (χ3n) is 4.70. The van der Waals surface area contributed by atoms with Crippen molar-refractivity contribution in [1.82, 2.24) is 4.90 Å². The molecule has 2 fully saturated rings. The molecule has 0 amide bonds. The molecule has 21 heavy (non-hydrogen) atoms. The van der Waals surface area contributed by atoms with Gasteiger partial charge in [0.1, 0.15) is 0 Å². The molecule has 0 N–H and O–H groups in total. The van der Waals surface area contributed by atoms with Crippen LogP contribution in [0, 0.1) is 0 Å². The fourth-order valence-electron chi connectivity index (χ4n) is 3.36. The fourth-order valence-corrected chi connectivity index (χ4v) is 3.36. The minimum absolute atomic E-state index is 0.907. The maximum absolute atomic E-state index is 5.39. The lowest BCUT2D eigenvalue weighted by Crippen LogP contribution is -2.36. The van der Waals surface area contributed by atoms with Crippen molar-refractivity contribution in [3.8, 4) is 0 Å².